The standard InChI is InChI=1S/C12H19ClN2/c1-4-14-11(9(2)3)8-12-10(13)6-5-7-15-12/h5-7,9,11,14H,4,8H2,1-3H3. The first-order valence-electron chi connectivity index (χ1n) is 5.48. The molecular weight excluding hydrogens is 208 g/mol. The third kappa shape index (κ3) is 3.80. The zero-order valence-corrected chi connectivity index (χ0v) is 10.4. The van der Waals surface area contributed by atoms with Gasteiger partial charge >= 0.3 is 0 Å². The fraction of sp³-hybridized carbons (Fsp3) is 0.583. The number of nitrogens with one attached hydrogen (secondary N) is 1. The second kappa shape index (κ2) is 6.09. The molecule has 0 saturated heterocycles. The molecule has 0 radical (unpaired) electrons. The average Bonchev–Trinajstić information content (AvgIpc) is 2.20. The summed E-state index contributed by atoms with van der Waals surface area (Å²) >= 11 is 6.08. The lowest BCUT2D eigenvalue weighted by Gasteiger charge is -2.21. The average molecular weight is 227 g/mol. The Hall–Kier alpha value is -0.600. The largest absolute Gasteiger partial charge is 0.314 e. The lowest BCUT2D eigenvalue weighted by molar-refractivity contribution is 0.402. The second-order valence-electron chi connectivity index (χ2n) is 4.04. The minimum Gasteiger partial charge on any atom is -0.314 e. The summed E-state index contributed by atoms with van der Waals surface area (Å²) in [5.41, 5.74) is 0.985. The Morgan fingerprint density at radius 3 is 2.73 bits per heavy atom. The summed E-state index contributed by atoms with van der Waals surface area (Å²) in [5.74, 6) is 0.586. The van der Waals surface area contributed by atoms with Crippen LogP contribution in [0.5, 0.6) is 0 Å². The van der Waals surface area contributed by atoms with Gasteiger partial charge in [0.15, 0.2) is 0 Å². The van der Waals surface area contributed by atoms with Crippen LogP contribution in [-0.2, 0) is 6.42 Å². The molecule has 84 valence electrons. The van der Waals surface area contributed by atoms with Crippen LogP contribution in [0.3, 0.4) is 0 Å². The first-order chi connectivity index (χ1) is 7.15. The number of likely N-dealkylation sites (N-methyl/N-ethyl adjacent to an activating group) is 1. The van der Waals surface area contributed by atoms with Gasteiger partial charge in [-0.2, -0.15) is 0 Å². The summed E-state index contributed by atoms with van der Waals surface area (Å²) in [4.78, 5) is 4.31. The van der Waals surface area contributed by atoms with E-state index in [4.69, 9.17) is 11.6 Å². The van der Waals surface area contributed by atoms with Crippen molar-refractivity contribution in [3.63, 3.8) is 0 Å². The molecule has 3 heteroatoms. The third-order valence-corrected chi connectivity index (χ3v) is 2.86. The number of nitrogens with zero attached hydrogens (tertiary/aromatic N) is 1. The van der Waals surface area contributed by atoms with E-state index in [0.29, 0.717) is 12.0 Å². The summed E-state index contributed by atoms with van der Waals surface area (Å²) in [6, 6.07) is 4.21. The maximum atomic E-state index is 6.08. The molecule has 1 heterocycles. The molecule has 1 atom stereocenters. The van der Waals surface area contributed by atoms with Crippen molar-refractivity contribution in [2.45, 2.75) is 33.2 Å². The topological polar surface area (TPSA) is 24.9 Å². The molecule has 0 spiro atoms. The first-order valence-corrected chi connectivity index (χ1v) is 5.85. The van der Waals surface area contributed by atoms with Gasteiger partial charge in [0.2, 0.25) is 0 Å². The smallest absolute Gasteiger partial charge is 0.0622 e. The molecule has 0 amide bonds. The van der Waals surface area contributed by atoms with Gasteiger partial charge in [0.25, 0.3) is 0 Å². The lowest BCUT2D eigenvalue weighted by atomic mass is 9.99. The fourth-order valence-electron chi connectivity index (χ4n) is 1.58. The molecule has 15 heavy (non-hydrogen) atoms. The highest BCUT2D eigenvalue weighted by Crippen LogP contribution is 2.16. The van der Waals surface area contributed by atoms with Crippen molar-refractivity contribution in [3.8, 4) is 0 Å². The van der Waals surface area contributed by atoms with Crippen LogP contribution in [0.15, 0.2) is 18.3 Å². The summed E-state index contributed by atoms with van der Waals surface area (Å²) in [6.45, 7) is 7.52. The zero-order chi connectivity index (χ0) is 11.3. The maximum Gasteiger partial charge on any atom is 0.0622 e. The number of hydrogen-bond donors (Lipinski definition) is 1. The van der Waals surface area contributed by atoms with Crippen LogP contribution in [0.25, 0.3) is 0 Å². The molecule has 0 bridgehead atoms. The number of hydrogen-bond acceptors (Lipinski definition) is 2. The summed E-state index contributed by atoms with van der Waals surface area (Å²) in [5, 5.41) is 4.22. The van der Waals surface area contributed by atoms with Crippen LogP contribution in [0.4, 0.5) is 0 Å². The molecule has 0 aliphatic rings. The molecule has 1 aromatic heterocycles. The first kappa shape index (κ1) is 12.5. The zero-order valence-electron chi connectivity index (χ0n) is 9.63. The molecule has 1 aromatic rings. The van der Waals surface area contributed by atoms with Gasteiger partial charge in [-0.25, -0.2) is 0 Å². The molecule has 0 saturated carbocycles. The van der Waals surface area contributed by atoms with Gasteiger partial charge in [0.1, 0.15) is 0 Å². The van der Waals surface area contributed by atoms with Crippen LogP contribution in [0.2, 0.25) is 5.02 Å². The Morgan fingerprint density at radius 2 is 2.20 bits per heavy atom. The quantitative estimate of drug-likeness (QED) is 0.835. The third-order valence-electron chi connectivity index (χ3n) is 2.52. The van der Waals surface area contributed by atoms with Crippen molar-refractivity contribution in [2.24, 2.45) is 5.92 Å². The van der Waals surface area contributed by atoms with E-state index in [2.05, 4.69) is 31.1 Å². The molecule has 1 N–H and O–H groups in total. The Bertz CT molecular complexity index is 299. The highest BCUT2D eigenvalue weighted by atomic mass is 35.5. The van der Waals surface area contributed by atoms with Gasteiger partial charge in [-0.3, -0.25) is 4.98 Å². The Balaban J connectivity index is 2.69. The van der Waals surface area contributed by atoms with Crippen LogP contribution >= 0.6 is 11.6 Å². The van der Waals surface area contributed by atoms with Crippen molar-refractivity contribution in [2.75, 3.05) is 6.54 Å². The fourth-order valence-corrected chi connectivity index (χ4v) is 1.78. The van der Waals surface area contributed by atoms with E-state index < -0.39 is 0 Å². The van der Waals surface area contributed by atoms with E-state index in [1.54, 1.807) is 6.20 Å². The van der Waals surface area contributed by atoms with Crippen molar-refractivity contribution in [1.82, 2.24) is 10.3 Å². The molecule has 0 aromatic carbocycles. The van der Waals surface area contributed by atoms with Crippen molar-refractivity contribution < 1.29 is 0 Å². The van der Waals surface area contributed by atoms with Gasteiger partial charge in [0.05, 0.1) is 10.7 Å². The van der Waals surface area contributed by atoms with Gasteiger partial charge < -0.3 is 5.32 Å². The van der Waals surface area contributed by atoms with E-state index >= 15 is 0 Å². The number of aromatic nitrogens is 1. The van der Waals surface area contributed by atoms with Gasteiger partial charge in [-0.05, 0) is 24.6 Å². The van der Waals surface area contributed by atoms with Crippen LogP contribution in [0.1, 0.15) is 26.5 Å². The minimum atomic E-state index is 0.447. The monoisotopic (exact) mass is 226 g/mol. The van der Waals surface area contributed by atoms with Crippen molar-refractivity contribution >= 4 is 11.6 Å². The summed E-state index contributed by atoms with van der Waals surface area (Å²) in [6.07, 6.45) is 2.69. The van der Waals surface area contributed by atoms with Gasteiger partial charge in [-0.15, -0.1) is 0 Å². The van der Waals surface area contributed by atoms with E-state index in [1.165, 1.54) is 0 Å². The Kier molecular flexibility index (Phi) is 5.06. The number of pyridine rings is 1. The summed E-state index contributed by atoms with van der Waals surface area (Å²) in [7, 11) is 0. The molecule has 0 fully saturated rings. The van der Waals surface area contributed by atoms with Crippen LogP contribution < -0.4 is 5.32 Å². The van der Waals surface area contributed by atoms with E-state index in [0.717, 1.165) is 23.7 Å². The number of halogens is 1. The highest BCUT2D eigenvalue weighted by molar-refractivity contribution is 6.31. The minimum absolute atomic E-state index is 0.447. The molecular formula is C12H19ClN2. The predicted octanol–water partition coefficient (Wildman–Crippen LogP) is 2.91. The number of rotatable bonds is 5. The van der Waals surface area contributed by atoms with Crippen LogP contribution in [-0.4, -0.2) is 17.6 Å². The summed E-state index contributed by atoms with van der Waals surface area (Å²) < 4.78 is 0. The predicted molar refractivity (Wildman–Crippen MR) is 65.3 cm³/mol. The normalized spacial score (nSPS) is 13.1. The highest BCUT2D eigenvalue weighted by Gasteiger charge is 2.14. The molecule has 1 unspecified atom stereocenters. The SMILES string of the molecule is CCNC(Cc1ncccc1Cl)C(C)C. The second-order valence-corrected chi connectivity index (χ2v) is 4.45. The molecule has 2 nitrogen and oxygen atoms in total. The Labute approximate surface area is 97.1 Å². The maximum absolute atomic E-state index is 6.08. The van der Waals surface area contributed by atoms with E-state index in [-0.39, 0.29) is 0 Å². The Morgan fingerprint density at radius 1 is 1.47 bits per heavy atom. The van der Waals surface area contributed by atoms with E-state index in [9.17, 15) is 0 Å². The van der Waals surface area contributed by atoms with Gasteiger partial charge in [0, 0.05) is 18.7 Å². The van der Waals surface area contributed by atoms with Crippen molar-refractivity contribution in [1.29, 1.82) is 0 Å². The van der Waals surface area contributed by atoms with Gasteiger partial charge in [-0.1, -0.05) is 32.4 Å². The molecule has 0 aliphatic heterocycles. The van der Waals surface area contributed by atoms with Crippen molar-refractivity contribution in [3.05, 3.63) is 29.0 Å². The molecule has 0 aliphatic carbocycles. The van der Waals surface area contributed by atoms with Crippen LogP contribution in [0, 0.1) is 5.92 Å². The molecule has 1 rings (SSSR count). The van der Waals surface area contributed by atoms with E-state index in [1.807, 2.05) is 12.1 Å². The lowest BCUT2D eigenvalue weighted by Crippen LogP contribution is -2.35.